The molecule has 3 heteroatoms. The van der Waals surface area contributed by atoms with Gasteiger partial charge in [-0.05, 0) is 19.8 Å². The highest BCUT2D eigenvalue weighted by atomic mass is 35.5. The van der Waals surface area contributed by atoms with Gasteiger partial charge in [0.15, 0.2) is 0 Å². The summed E-state index contributed by atoms with van der Waals surface area (Å²) in [6.45, 7) is 6.42. The van der Waals surface area contributed by atoms with E-state index in [1.165, 1.54) is 0 Å². The zero-order valence-corrected chi connectivity index (χ0v) is 9.67. The zero-order valence-electron chi connectivity index (χ0n) is 8.16. The van der Waals surface area contributed by atoms with Gasteiger partial charge in [-0.1, -0.05) is 13.8 Å². The van der Waals surface area contributed by atoms with Gasteiger partial charge in [-0.15, -0.1) is 23.2 Å². The van der Waals surface area contributed by atoms with Crippen LogP contribution in [0.3, 0.4) is 0 Å². The summed E-state index contributed by atoms with van der Waals surface area (Å²) in [6, 6.07) is 0.488. The molecule has 0 aromatic rings. The molecular weight excluding hydrogens is 193 g/mol. The minimum atomic E-state index is -0.0709. The fourth-order valence-electron chi connectivity index (χ4n) is 1.03. The quantitative estimate of drug-likeness (QED) is 0.667. The first kappa shape index (κ1) is 12.5. The first-order chi connectivity index (χ1) is 5.64. The van der Waals surface area contributed by atoms with Crippen molar-refractivity contribution in [3.8, 4) is 0 Å². The maximum Gasteiger partial charge on any atom is 0.0453 e. The molecule has 0 aromatic carbocycles. The number of halogens is 2. The molecule has 0 fully saturated rings. The van der Waals surface area contributed by atoms with Crippen molar-refractivity contribution in [2.24, 2.45) is 0 Å². The molecular formula is C9H19Cl2N. The van der Waals surface area contributed by atoms with E-state index in [4.69, 9.17) is 23.2 Å². The molecule has 0 aliphatic carbocycles. The number of alkyl halides is 2. The molecule has 0 heterocycles. The number of hydrogen-bond acceptors (Lipinski definition) is 1. The molecule has 1 N–H and O–H groups in total. The Kier molecular flexibility index (Phi) is 6.34. The number of hydrogen-bond donors (Lipinski definition) is 1. The Hall–Kier alpha value is 0.540. The molecule has 0 bridgehead atoms. The summed E-state index contributed by atoms with van der Waals surface area (Å²) >= 11 is 11.8. The van der Waals surface area contributed by atoms with E-state index in [0.29, 0.717) is 17.8 Å². The molecule has 0 spiro atoms. The van der Waals surface area contributed by atoms with Crippen LogP contribution in [-0.4, -0.2) is 23.3 Å². The van der Waals surface area contributed by atoms with Crippen molar-refractivity contribution >= 4 is 23.2 Å². The van der Waals surface area contributed by atoms with E-state index < -0.39 is 0 Å². The van der Waals surface area contributed by atoms with Crippen LogP contribution in [0.1, 0.15) is 33.6 Å². The van der Waals surface area contributed by atoms with Crippen LogP contribution in [0, 0.1) is 0 Å². The Bertz CT molecular complexity index is 105. The maximum absolute atomic E-state index is 5.88. The summed E-state index contributed by atoms with van der Waals surface area (Å²) in [6.07, 6.45) is 2.08. The lowest BCUT2D eigenvalue weighted by atomic mass is 9.99. The smallest absolute Gasteiger partial charge is 0.0453 e. The van der Waals surface area contributed by atoms with Crippen molar-refractivity contribution in [2.75, 3.05) is 11.8 Å². The molecule has 74 valence electrons. The lowest BCUT2D eigenvalue weighted by molar-refractivity contribution is 0.338. The van der Waals surface area contributed by atoms with Gasteiger partial charge in [-0.25, -0.2) is 0 Å². The third-order valence-electron chi connectivity index (χ3n) is 2.35. The van der Waals surface area contributed by atoms with Gasteiger partial charge < -0.3 is 5.32 Å². The second-order valence-electron chi connectivity index (χ2n) is 3.35. The summed E-state index contributed by atoms with van der Waals surface area (Å²) < 4.78 is 0. The predicted octanol–water partition coefficient (Wildman–Crippen LogP) is 3.00. The monoisotopic (exact) mass is 211 g/mol. The second-order valence-corrected chi connectivity index (χ2v) is 3.89. The minimum absolute atomic E-state index is 0.0709. The fraction of sp³-hybridized carbons (Fsp3) is 1.00. The third-order valence-corrected chi connectivity index (χ3v) is 3.38. The van der Waals surface area contributed by atoms with Crippen molar-refractivity contribution in [3.63, 3.8) is 0 Å². The normalized spacial score (nSPS) is 14.8. The molecule has 0 saturated carbocycles. The van der Waals surface area contributed by atoms with E-state index in [0.717, 1.165) is 12.8 Å². The Morgan fingerprint density at radius 1 is 1.25 bits per heavy atom. The first-order valence-electron chi connectivity index (χ1n) is 4.53. The lowest BCUT2D eigenvalue weighted by Gasteiger charge is -2.32. The van der Waals surface area contributed by atoms with Crippen molar-refractivity contribution < 1.29 is 0 Å². The average molecular weight is 212 g/mol. The Balaban J connectivity index is 4.09. The summed E-state index contributed by atoms with van der Waals surface area (Å²) in [5.41, 5.74) is -0.0709. The van der Waals surface area contributed by atoms with Crippen molar-refractivity contribution in [1.82, 2.24) is 5.32 Å². The first-order valence-corrected chi connectivity index (χ1v) is 5.60. The Morgan fingerprint density at radius 2 is 1.75 bits per heavy atom. The van der Waals surface area contributed by atoms with Gasteiger partial charge in [0.1, 0.15) is 0 Å². The topological polar surface area (TPSA) is 12.0 Å². The van der Waals surface area contributed by atoms with Crippen LogP contribution in [0.15, 0.2) is 0 Å². The van der Waals surface area contributed by atoms with Gasteiger partial charge >= 0.3 is 0 Å². The highest BCUT2D eigenvalue weighted by Crippen LogP contribution is 2.16. The number of rotatable bonds is 6. The van der Waals surface area contributed by atoms with E-state index in [-0.39, 0.29) is 5.54 Å². The summed E-state index contributed by atoms with van der Waals surface area (Å²) in [4.78, 5) is 0. The largest absolute Gasteiger partial charge is 0.307 e. The molecule has 12 heavy (non-hydrogen) atoms. The maximum atomic E-state index is 5.88. The van der Waals surface area contributed by atoms with Crippen molar-refractivity contribution in [1.29, 1.82) is 0 Å². The lowest BCUT2D eigenvalue weighted by Crippen LogP contribution is -2.52. The van der Waals surface area contributed by atoms with E-state index in [1.54, 1.807) is 0 Å². The molecule has 1 unspecified atom stereocenters. The highest BCUT2D eigenvalue weighted by molar-refractivity contribution is 6.22. The van der Waals surface area contributed by atoms with E-state index in [1.807, 2.05) is 0 Å². The summed E-state index contributed by atoms with van der Waals surface area (Å²) in [7, 11) is 0. The van der Waals surface area contributed by atoms with Crippen molar-refractivity contribution in [3.05, 3.63) is 0 Å². The Morgan fingerprint density at radius 3 is 2.00 bits per heavy atom. The molecule has 0 aliphatic heterocycles. The predicted molar refractivity (Wildman–Crippen MR) is 57.4 cm³/mol. The van der Waals surface area contributed by atoms with Gasteiger partial charge in [-0.2, -0.15) is 0 Å². The molecule has 0 aromatic heterocycles. The van der Waals surface area contributed by atoms with Crippen molar-refractivity contribution in [2.45, 2.75) is 45.2 Å². The SMILES string of the molecule is CCC(C)NC(CC)(CCl)CCl. The van der Waals surface area contributed by atoms with E-state index >= 15 is 0 Å². The molecule has 1 nitrogen and oxygen atoms in total. The highest BCUT2D eigenvalue weighted by Gasteiger charge is 2.26. The van der Waals surface area contributed by atoms with Crippen LogP contribution in [0.2, 0.25) is 0 Å². The summed E-state index contributed by atoms with van der Waals surface area (Å²) in [5, 5.41) is 3.47. The molecule has 1 atom stereocenters. The second kappa shape index (κ2) is 6.06. The van der Waals surface area contributed by atoms with Gasteiger partial charge in [0.05, 0.1) is 0 Å². The molecule has 0 aliphatic rings. The van der Waals surface area contributed by atoms with Gasteiger partial charge in [0, 0.05) is 23.3 Å². The summed E-state index contributed by atoms with van der Waals surface area (Å²) in [5.74, 6) is 1.16. The molecule has 0 rings (SSSR count). The van der Waals surface area contributed by atoms with Crippen LogP contribution < -0.4 is 5.32 Å². The average Bonchev–Trinajstić information content (AvgIpc) is 2.14. The minimum Gasteiger partial charge on any atom is -0.307 e. The van der Waals surface area contributed by atoms with Crippen LogP contribution >= 0.6 is 23.2 Å². The molecule has 0 saturated heterocycles. The standard InChI is InChI=1S/C9H19Cl2N/c1-4-8(3)12-9(5-2,6-10)7-11/h8,12H,4-7H2,1-3H3. The van der Waals surface area contributed by atoms with Crippen LogP contribution in [0.25, 0.3) is 0 Å². The molecule has 0 amide bonds. The van der Waals surface area contributed by atoms with Gasteiger partial charge in [0.2, 0.25) is 0 Å². The van der Waals surface area contributed by atoms with E-state index in [2.05, 4.69) is 26.1 Å². The third kappa shape index (κ3) is 3.51. The molecule has 0 radical (unpaired) electrons. The Labute approximate surface area is 85.8 Å². The fourth-order valence-corrected chi connectivity index (χ4v) is 1.85. The van der Waals surface area contributed by atoms with Crippen LogP contribution in [-0.2, 0) is 0 Å². The zero-order chi connectivity index (χ0) is 9.61. The van der Waals surface area contributed by atoms with Crippen LogP contribution in [0.5, 0.6) is 0 Å². The van der Waals surface area contributed by atoms with Gasteiger partial charge in [0.25, 0.3) is 0 Å². The van der Waals surface area contributed by atoms with E-state index in [9.17, 15) is 0 Å². The van der Waals surface area contributed by atoms with Gasteiger partial charge in [-0.3, -0.25) is 0 Å². The van der Waals surface area contributed by atoms with Crippen LogP contribution in [0.4, 0.5) is 0 Å². The number of nitrogens with one attached hydrogen (secondary N) is 1.